The van der Waals surface area contributed by atoms with Crippen LogP contribution in [0, 0.1) is 5.41 Å². The molecule has 0 atom stereocenters. The van der Waals surface area contributed by atoms with Crippen LogP contribution in [-0.2, 0) is 19.4 Å². The number of nitrogens with one attached hydrogen (secondary N) is 2. The highest BCUT2D eigenvalue weighted by Gasteiger charge is 2.25. The van der Waals surface area contributed by atoms with E-state index in [0.717, 1.165) is 42.9 Å². The average molecular weight is 443 g/mol. The van der Waals surface area contributed by atoms with Crippen molar-refractivity contribution in [1.82, 2.24) is 19.8 Å². The molecule has 5 rings (SSSR count). The maximum Gasteiger partial charge on any atom is 0.326 e. The Morgan fingerprint density at radius 3 is 2.64 bits per heavy atom. The number of hydrogen-bond donors (Lipinski definition) is 2. The van der Waals surface area contributed by atoms with E-state index < -0.39 is 0 Å². The average Bonchev–Trinajstić information content (AvgIpc) is 2.86. The number of rotatable bonds is 2. The number of pyridine rings is 2. The van der Waals surface area contributed by atoms with Gasteiger partial charge in [0.25, 0.3) is 5.91 Å². The topological polar surface area (TPSA) is 94.3 Å². The lowest BCUT2D eigenvalue weighted by atomic mass is 9.98. The molecule has 2 aromatic heterocycles. The van der Waals surface area contributed by atoms with Crippen molar-refractivity contribution in [2.45, 2.75) is 25.8 Å². The number of aromatic nitrogens is 2. The van der Waals surface area contributed by atoms with Crippen LogP contribution in [0.25, 0.3) is 0 Å². The lowest BCUT2D eigenvalue weighted by Crippen LogP contribution is -2.36. The minimum atomic E-state index is -0.354. The predicted molar refractivity (Wildman–Crippen MR) is 125 cm³/mol. The summed E-state index contributed by atoms with van der Waals surface area (Å²) in [4.78, 5) is 33.7. The molecular formula is C25H26N6O2. The molecule has 0 saturated heterocycles. The molecule has 0 aliphatic carbocycles. The molecule has 0 spiro atoms. The van der Waals surface area contributed by atoms with Gasteiger partial charge < -0.3 is 15.1 Å². The zero-order valence-corrected chi connectivity index (χ0v) is 18.5. The first-order valence-electron chi connectivity index (χ1n) is 11.2. The Hall–Kier alpha value is -3.94. The van der Waals surface area contributed by atoms with Gasteiger partial charge in [-0.15, -0.1) is 0 Å². The highest BCUT2D eigenvalue weighted by Crippen LogP contribution is 2.32. The van der Waals surface area contributed by atoms with Gasteiger partial charge in [-0.3, -0.25) is 14.8 Å². The van der Waals surface area contributed by atoms with Crippen molar-refractivity contribution in [2.75, 3.05) is 25.0 Å². The minimum absolute atomic E-state index is 0.0108. The van der Waals surface area contributed by atoms with Gasteiger partial charge in [0.15, 0.2) is 0 Å². The van der Waals surface area contributed by atoms with Gasteiger partial charge in [0.05, 0.1) is 5.56 Å². The van der Waals surface area contributed by atoms with Gasteiger partial charge in [0.1, 0.15) is 11.3 Å². The molecule has 0 radical (unpaired) electrons. The Morgan fingerprint density at radius 1 is 1.03 bits per heavy atom. The van der Waals surface area contributed by atoms with E-state index in [9.17, 15) is 9.59 Å². The molecule has 3 aromatic rings. The molecule has 0 fully saturated rings. The lowest BCUT2D eigenvalue weighted by Gasteiger charge is -2.31. The van der Waals surface area contributed by atoms with E-state index >= 15 is 0 Å². The van der Waals surface area contributed by atoms with Gasteiger partial charge in [0, 0.05) is 50.8 Å². The largest absolute Gasteiger partial charge is 0.340 e. The fourth-order valence-corrected chi connectivity index (χ4v) is 4.64. The summed E-state index contributed by atoms with van der Waals surface area (Å²) in [5.74, 6) is 0.815. The van der Waals surface area contributed by atoms with Crippen LogP contribution < -0.4 is 15.7 Å². The summed E-state index contributed by atoms with van der Waals surface area (Å²) in [5, 5.41) is 10.7. The summed E-state index contributed by atoms with van der Waals surface area (Å²) in [6.45, 7) is 2.10. The lowest BCUT2D eigenvalue weighted by molar-refractivity contribution is 0.0734. The molecule has 0 bridgehead atoms. The molecule has 8 heteroatoms. The van der Waals surface area contributed by atoms with E-state index in [1.54, 1.807) is 18.5 Å². The first-order chi connectivity index (χ1) is 16.0. The normalized spacial score (nSPS) is 14.9. The Bertz CT molecular complexity index is 1300. The quantitative estimate of drug-likeness (QED) is 0.638. The van der Waals surface area contributed by atoms with E-state index in [-0.39, 0.29) is 17.4 Å². The maximum absolute atomic E-state index is 13.2. The molecule has 0 unspecified atom stereocenters. The van der Waals surface area contributed by atoms with Crippen molar-refractivity contribution >= 4 is 23.4 Å². The van der Waals surface area contributed by atoms with Crippen LogP contribution in [0.4, 0.5) is 16.3 Å². The summed E-state index contributed by atoms with van der Waals surface area (Å²) < 4.78 is 1.25. The number of carbonyl (C=O) groups is 2. The van der Waals surface area contributed by atoms with Crippen LogP contribution in [0.3, 0.4) is 0 Å². The van der Waals surface area contributed by atoms with E-state index in [2.05, 4.69) is 27.3 Å². The van der Waals surface area contributed by atoms with Crippen LogP contribution >= 0.6 is 0 Å². The zero-order valence-electron chi connectivity index (χ0n) is 18.5. The summed E-state index contributed by atoms with van der Waals surface area (Å²) in [6, 6.07) is 13.4. The second kappa shape index (κ2) is 8.54. The molecule has 2 amide bonds. The first-order valence-corrected chi connectivity index (χ1v) is 11.2. The number of carbonyl (C=O) groups excluding carboxylic acids is 2. The number of anilines is 2. The maximum atomic E-state index is 13.2. The van der Waals surface area contributed by atoms with E-state index in [1.807, 2.05) is 29.2 Å². The summed E-state index contributed by atoms with van der Waals surface area (Å²) in [5.41, 5.74) is 5.06. The van der Waals surface area contributed by atoms with Crippen LogP contribution in [0.5, 0.6) is 0 Å². The smallest absolute Gasteiger partial charge is 0.326 e. The number of aryl methyl sites for hydroxylation is 1. The van der Waals surface area contributed by atoms with Crippen molar-refractivity contribution in [3.8, 4) is 0 Å². The van der Waals surface area contributed by atoms with Gasteiger partial charge in [-0.05, 0) is 48.1 Å². The third-order valence-electron chi connectivity index (χ3n) is 6.37. The second-order valence-electron chi connectivity index (χ2n) is 8.40. The molecule has 33 heavy (non-hydrogen) atoms. The zero-order chi connectivity index (χ0) is 22.9. The fraction of sp³-hybridized carbons (Fsp3) is 0.280. The third-order valence-corrected chi connectivity index (χ3v) is 6.37. The van der Waals surface area contributed by atoms with Crippen molar-refractivity contribution in [3.63, 3.8) is 0 Å². The predicted octanol–water partition coefficient (Wildman–Crippen LogP) is 2.83. The number of nitrogens with zero attached hydrogens (tertiary/aromatic N) is 4. The van der Waals surface area contributed by atoms with Gasteiger partial charge in [-0.1, -0.05) is 24.3 Å². The summed E-state index contributed by atoms with van der Waals surface area (Å²) in [7, 11) is 1.54. The van der Waals surface area contributed by atoms with Gasteiger partial charge in [-0.2, -0.15) is 0 Å². The van der Waals surface area contributed by atoms with Crippen molar-refractivity contribution < 1.29 is 9.59 Å². The Labute approximate surface area is 192 Å². The molecule has 168 valence electrons. The first kappa shape index (κ1) is 20.9. The Balaban J connectivity index is 1.40. The van der Waals surface area contributed by atoms with Crippen LogP contribution in [0.1, 0.15) is 33.5 Å². The highest BCUT2D eigenvalue weighted by molar-refractivity contribution is 5.94. The van der Waals surface area contributed by atoms with Gasteiger partial charge in [0.2, 0.25) is 0 Å². The number of benzene rings is 1. The third kappa shape index (κ3) is 3.88. The molecule has 2 N–H and O–H groups in total. The Kier molecular flexibility index (Phi) is 5.42. The molecule has 2 aliphatic rings. The number of fused-ring (bicyclic) bond motifs is 2. The molecular weight excluding hydrogens is 416 g/mol. The molecule has 8 nitrogen and oxygen atoms in total. The van der Waals surface area contributed by atoms with Crippen LogP contribution in [0.2, 0.25) is 0 Å². The SMILES string of the molecule is CNC(=O)n1ccc(N2CCCc3cc(C(=O)N4CCc5ccccc5C4)cnc32)cc1=N. The molecule has 2 aliphatic heterocycles. The molecule has 1 aromatic carbocycles. The van der Waals surface area contributed by atoms with Crippen LogP contribution in [0.15, 0.2) is 54.9 Å². The van der Waals surface area contributed by atoms with Crippen molar-refractivity contribution in [2.24, 2.45) is 0 Å². The van der Waals surface area contributed by atoms with Crippen molar-refractivity contribution in [3.05, 3.63) is 82.6 Å². The molecule has 0 saturated carbocycles. The highest BCUT2D eigenvalue weighted by atomic mass is 16.2. The van der Waals surface area contributed by atoms with E-state index in [0.29, 0.717) is 18.7 Å². The summed E-state index contributed by atoms with van der Waals surface area (Å²) >= 11 is 0. The monoisotopic (exact) mass is 442 g/mol. The van der Waals surface area contributed by atoms with Crippen LogP contribution in [-0.4, -0.2) is 46.5 Å². The van der Waals surface area contributed by atoms with Gasteiger partial charge >= 0.3 is 6.03 Å². The number of amides is 2. The summed E-state index contributed by atoms with van der Waals surface area (Å²) in [6.07, 6.45) is 5.89. The number of hydrogen-bond acceptors (Lipinski definition) is 5. The second-order valence-corrected chi connectivity index (χ2v) is 8.40. The van der Waals surface area contributed by atoms with Gasteiger partial charge in [-0.25, -0.2) is 9.78 Å². The standard InChI is InChI=1S/C25H26N6O2/c1-27-25(33)31-12-9-21(14-22(31)26)30-10-4-7-18-13-20(15-28-23(18)30)24(32)29-11-8-17-5-2-3-6-19(17)16-29/h2-3,5-6,9,12-15,26H,4,7-8,10-11,16H2,1H3,(H,27,33). The minimum Gasteiger partial charge on any atom is -0.340 e. The molecule has 4 heterocycles. The van der Waals surface area contributed by atoms with Crippen molar-refractivity contribution in [1.29, 1.82) is 5.41 Å². The van der Waals surface area contributed by atoms with E-state index in [1.165, 1.54) is 22.7 Å². The van der Waals surface area contributed by atoms with E-state index in [4.69, 9.17) is 5.41 Å². The Morgan fingerprint density at radius 2 is 1.85 bits per heavy atom. The fourth-order valence-electron chi connectivity index (χ4n) is 4.64.